The molecular formula is C10H18N2O2S. The monoisotopic (exact) mass is 230 g/mol. The predicted octanol–water partition coefficient (Wildman–Crippen LogP) is 1.41. The summed E-state index contributed by atoms with van der Waals surface area (Å²) in [6.45, 7) is 4.84. The molecule has 4 nitrogen and oxygen atoms in total. The number of nitrogens with zero attached hydrogens (tertiary/aromatic N) is 1. The van der Waals surface area contributed by atoms with Gasteiger partial charge in [0.1, 0.15) is 0 Å². The summed E-state index contributed by atoms with van der Waals surface area (Å²) in [6.07, 6.45) is 1.51. The van der Waals surface area contributed by atoms with E-state index in [0.717, 1.165) is 11.6 Å². The van der Waals surface area contributed by atoms with Gasteiger partial charge in [-0.2, -0.15) is 0 Å². The Balaban J connectivity index is 2.35. The van der Waals surface area contributed by atoms with Crippen LogP contribution in [-0.2, 0) is 9.53 Å². The van der Waals surface area contributed by atoms with Gasteiger partial charge in [0, 0.05) is 11.3 Å². The van der Waals surface area contributed by atoms with Crippen LogP contribution < -0.4 is 5.32 Å². The van der Waals surface area contributed by atoms with Gasteiger partial charge in [0.2, 0.25) is 0 Å². The smallest absolute Gasteiger partial charge is 0.307 e. The van der Waals surface area contributed by atoms with Crippen LogP contribution in [0, 0.1) is 0 Å². The molecule has 1 heterocycles. The second-order valence-corrected chi connectivity index (χ2v) is 5.15. The molecule has 1 aliphatic rings. The molecule has 0 amide bonds. The van der Waals surface area contributed by atoms with Crippen molar-refractivity contribution in [2.45, 2.75) is 38.0 Å². The fourth-order valence-corrected chi connectivity index (χ4v) is 2.68. The average molecular weight is 230 g/mol. The highest BCUT2D eigenvalue weighted by Crippen LogP contribution is 2.22. The number of hydrogen-bond donors (Lipinski definition) is 1. The number of nitrogens with one attached hydrogen (secondary N) is 1. The minimum absolute atomic E-state index is 0.207. The fourth-order valence-electron chi connectivity index (χ4n) is 1.47. The van der Waals surface area contributed by atoms with Gasteiger partial charge < -0.3 is 10.1 Å². The number of thioether (sulfide) groups is 1. The van der Waals surface area contributed by atoms with Gasteiger partial charge in [0.25, 0.3) is 0 Å². The van der Waals surface area contributed by atoms with Crippen LogP contribution in [-0.4, -0.2) is 36.1 Å². The Kier molecular flexibility index (Phi) is 4.94. The lowest BCUT2D eigenvalue weighted by Crippen LogP contribution is -2.38. The van der Waals surface area contributed by atoms with E-state index in [4.69, 9.17) is 0 Å². The molecule has 15 heavy (non-hydrogen) atoms. The Hall–Kier alpha value is -0.710. The lowest BCUT2D eigenvalue weighted by molar-refractivity contribution is -0.140. The van der Waals surface area contributed by atoms with Crippen molar-refractivity contribution in [1.82, 2.24) is 5.32 Å². The van der Waals surface area contributed by atoms with E-state index in [1.54, 1.807) is 11.8 Å². The van der Waals surface area contributed by atoms with Crippen LogP contribution in [0.15, 0.2) is 4.99 Å². The quantitative estimate of drug-likeness (QED) is 0.745. The van der Waals surface area contributed by atoms with Gasteiger partial charge in [-0.1, -0.05) is 18.7 Å². The molecule has 2 atom stereocenters. The van der Waals surface area contributed by atoms with Crippen LogP contribution >= 0.6 is 11.8 Å². The summed E-state index contributed by atoms with van der Waals surface area (Å²) < 4.78 is 4.55. The summed E-state index contributed by atoms with van der Waals surface area (Å²) in [6, 6.07) is 0.470. The molecule has 0 saturated carbocycles. The molecule has 0 aliphatic carbocycles. The first-order chi connectivity index (χ1) is 7.11. The molecule has 0 bridgehead atoms. The largest absolute Gasteiger partial charge is 0.469 e. The summed E-state index contributed by atoms with van der Waals surface area (Å²) in [5.41, 5.74) is 0. The minimum atomic E-state index is -0.207. The molecule has 0 aromatic carbocycles. The zero-order chi connectivity index (χ0) is 11.3. The summed E-state index contributed by atoms with van der Waals surface area (Å²) in [7, 11) is 1.40. The molecule has 0 radical (unpaired) electrons. The maximum atomic E-state index is 10.9. The van der Waals surface area contributed by atoms with E-state index in [9.17, 15) is 4.79 Å². The number of rotatable bonds is 3. The van der Waals surface area contributed by atoms with Gasteiger partial charge >= 0.3 is 5.97 Å². The van der Waals surface area contributed by atoms with Crippen molar-refractivity contribution in [2.75, 3.05) is 13.7 Å². The van der Waals surface area contributed by atoms with E-state index in [2.05, 4.69) is 28.9 Å². The number of carbonyl (C=O) groups is 1. The van der Waals surface area contributed by atoms with Crippen LogP contribution in [0.5, 0.6) is 0 Å². The molecular weight excluding hydrogens is 212 g/mol. The highest BCUT2D eigenvalue weighted by molar-refractivity contribution is 8.14. The van der Waals surface area contributed by atoms with Crippen molar-refractivity contribution in [3.8, 4) is 0 Å². The van der Waals surface area contributed by atoms with Gasteiger partial charge in [-0.15, -0.1) is 0 Å². The number of amidine groups is 1. The molecule has 0 aromatic heterocycles. The van der Waals surface area contributed by atoms with Crippen molar-refractivity contribution in [2.24, 2.45) is 4.99 Å². The molecule has 5 heteroatoms. The fraction of sp³-hybridized carbons (Fsp3) is 0.800. The number of hydrogen-bond acceptors (Lipinski definition) is 4. The SMILES string of the molecule is COC(=O)CCN=C1NC(C)CC(C)S1. The standard InChI is InChI=1S/C10H18N2O2S/c1-7-6-8(2)15-10(12-7)11-5-4-9(13)14-3/h7-8H,4-6H2,1-3H3,(H,11,12). The first kappa shape index (κ1) is 12.4. The molecule has 0 aromatic rings. The number of esters is 1. The Labute approximate surface area is 94.9 Å². The maximum absolute atomic E-state index is 10.9. The maximum Gasteiger partial charge on any atom is 0.307 e. The van der Waals surface area contributed by atoms with Gasteiger partial charge in [-0.25, -0.2) is 0 Å². The van der Waals surface area contributed by atoms with Gasteiger partial charge in [-0.3, -0.25) is 9.79 Å². The van der Waals surface area contributed by atoms with E-state index in [1.807, 2.05) is 0 Å². The highest BCUT2D eigenvalue weighted by atomic mass is 32.2. The Morgan fingerprint density at radius 3 is 3.00 bits per heavy atom. The lowest BCUT2D eigenvalue weighted by atomic mass is 10.2. The van der Waals surface area contributed by atoms with Gasteiger partial charge in [-0.05, 0) is 13.3 Å². The molecule has 1 rings (SSSR count). The van der Waals surface area contributed by atoms with Crippen LogP contribution in [0.1, 0.15) is 26.7 Å². The average Bonchev–Trinajstić information content (AvgIpc) is 2.16. The van der Waals surface area contributed by atoms with E-state index >= 15 is 0 Å². The number of aliphatic imine (C=N–C) groups is 1. The molecule has 1 saturated heterocycles. The topological polar surface area (TPSA) is 50.7 Å². The van der Waals surface area contributed by atoms with E-state index in [0.29, 0.717) is 24.3 Å². The first-order valence-electron chi connectivity index (χ1n) is 5.16. The molecule has 0 spiro atoms. The summed E-state index contributed by atoms with van der Waals surface area (Å²) >= 11 is 1.74. The van der Waals surface area contributed by atoms with Gasteiger partial charge in [0.15, 0.2) is 5.17 Å². The van der Waals surface area contributed by atoms with Crippen molar-refractivity contribution in [3.05, 3.63) is 0 Å². The van der Waals surface area contributed by atoms with Crippen LogP contribution in [0.25, 0.3) is 0 Å². The number of methoxy groups -OCH3 is 1. The number of ether oxygens (including phenoxy) is 1. The van der Waals surface area contributed by atoms with Crippen LogP contribution in [0.3, 0.4) is 0 Å². The zero-order valence-electron chi connectivity index (χ0n) is 9.45. The first-order valence-corrected chi connectivity index (χ1v) is 6.04. The third-order valence-corrected chi connectivity index (χ3v) is 3.23. The van der Waals surface area contributed by atoms with E-state index < -0.39 is 0 Å². The Morgan fingerprint density at radius 2 is 2.40 bits per heavy atom. The highest BCUT2D eigenvalue weighted by Gasteiger charge is 2.19. The second kappa shape index (κ2) is 6.00. The Bertz CT molecular complexity index is 244. The lowest BCUT2D eigenvalue weighted by Gasteiger charge is -2.26. The molecule has 86 valence electrons. The molecule has 1 fully saturated rings. The van der Waals surface area contributed by atoms with Crippen molar-refractivity contribution in [3.63, 3.8) is 0 Å². The number of carbonyl (C=O) groups excluding carboxylic acids is 1. The molecule has 1 aliphatic heterocycles. The van der Waals surface area contributed by atoms with Crippen LogP contribution in [0.4, 0.5) is 0 Å². The van der Waals surface area contributed by atoms with Crippen LogP contribution in [0.2, 0.25) is 0 Å². The van der Waals surface area contributed by atoms with Crippen molar-refractivity contribution >= 4 is 22.9 Å². The predicted molar refractivity (Wildman–Crippen MR) is 63.2 cm³/mol. The zero-order valence-corrected chi connectivity index (χ0v) is 10.3. The summed E-state index contributed by atoms with van der Waals surface area (Å²) in [5.74, 6) is -0.207. The summed E-state index contributed by atoms with van der Waals surface area (Å²) in [5, 5.41) is 4.84. The molecule has 2 unspecified atom stereocenters. The van der Waals surface area contributed by atoms with E-state index in [1.165, 1.54) is 7.11 Å². The Morgan fingerprint density at radius 1 is 1.67 bits per heavy atom. The van der Waals surface area contributed by atoms with Crippen molar-refractivity contribution < 1.29 is 9.53 Å². The summed E-state index contributed by atoms with van der Waals surface area (Å²) in [4.78, 5) is 15.2. The minimum Gasteiger partial charge on any atom is -0.469 e. The third-order valence-electron chi connectivity index (χ3n) is 2.17. The second-order valence-electron chi connectivity index (χ2n) is 3.72. The van der Waals surface area contributed by atoms with E-state index in [-0.39, 0.29) is 5.97 Å². The van der Waals surface area contributed by atoms with Crippen molar-refractivity contribution in [1.29, 1.82) is 0 Å². The normalized spacial score (nSPS) is 28.6. The molecule has 1 N–H and O–H groups in total. The van der Waals surface area contributed by atoms with Gasteiger partial charge in [0.05, 0.1) is 20.1 Å². The third kappa shape index (κ3) is 4.55.